The van der Waals surface area contributed by atoms with Crippen molar-refractivity contribution in [3.05, 3.63) is 64.6 Å². The van der Waals surface area contributed by atoms with Gasteiger partial charge in [-0.3, -0.25) is 9.67 Å². The minimum absolute atomic E-state index is 0.00445. The largest absolute Gasteiger partial charge is 0.488 e. The molecular weight excluding hydrogens is 459 g/mol. The summed E-state index contributed by atoms with van der Waals surface area (Å²) in [7, 11) is 1.89. The molecule has 0 fully saturated rings. The number of aliphatic hydroxyl groups excluding tert-OH is 1. The SMILES string of the molecule is CC.Cc1c(-c2cc(OCC(O)c3ccc(F)cn3)c3c(Cl)cnn3c2)nn(C)c1CC(C)N. The van der Waals surface area contributed by atoms with E-state index in [0.29, 0.717) is 28.4 Å². The van der Waals surface area contributed by atoms with Crippen molar-refractivity contribution in [2.24, 2.45) is 12.8 Å². The van der Waals surface area contributed by atoms with Crippen molar-refractivity contribution in [2.45, 2.75) is 46.3 Å². The van der Waals surface area contributed by atoms with Crippen LogP contribution < -0.4 is 10.5 Å². The van der Waals surface area contributed by atoms with Gasteiger partial charge in [-0.1, -0.05) is 25.4 Å². The van der Waals surface area contributed by atoms with Gasteiger partial charge in [-0.2, -0.15) is 10.2 Å². The zero-order valence-corrected chi connectivity index (χ0v) is 20.7. The van der Waals surface area contributed by atoms with Crippen molar-refractivity contribution in [3.8, 4) is 17.0 Å². The van der Waals surface area contributed by atoms with Gasteiger partial charge in [0.05, 0.1) is 28.8 Å². The van der Waals surface area contributed by atoms with Gasteiger partial charge in [0.2, 0.25) is 0 Å². The molecule has 0 radical (unpaired) electrons. The zero-order valence-electron chi connectivity index (χ0n) is 20.0. The van der Waals surface area contributed by atoms with Crippen LogP contribution in [0.3, 0.4) is 0 Å². The Morgan fingerprint density at radius 1 is 1.26 bits per heavy atom. The van der Waals surface area contributed by atoms with Gasteiger partial charge in [-0.15, -0.1) is 0 Å². The lowest BCUT2D eigenvalue weighted by Gasteiger charge is -2.14. The van der Waals surface area contributed by atoms with Crippen LogP contribution in [0.15, 0.2) is 36.8 Å². The number of nitrogens with two attached hydrogens (primary N) is 1. The quantitative estimate of drug-likeness (QED) is 0.403. The normalized spacial score (nSPS) is 12.9. The molecule has 2 unspecified atom stereocenters. The Kier molecular flexibility index (Phi) is 8.24. The number of ether oxygens (including phenoxy) is 1. The molecule has 0 aliphatic heterocycles. The molecule has 2 atom stereocenters. The summed E-state index contributed by atoms with van der Waals surface area (Å²) >= 11 is 6.33. The van der Waals surface area contributed by atoms with Crippen molar-refractivity contribution in [1.29, 1.82) is 0 Å². The number of aliphatic hydroxyl groups is 1. The highest BCUT2D eigenvalue weighted by Crippen LogP contribution is 2.34. The second-order valence-corrected chi connectivity index (χ2v) is 8.24. The number of nitrogens with zero attached hydrogens (tertiary/aromatic N) is 5. The van der Waals surface area contributed by atoms with Crippen LogP contribution in [0.1, 0.15) is 43.8 Å². The number of pyridine rings is 2. The molecular formula is C24H30ClFN6O2. The molecule has 182 valence electrons. The molecule has 4 aromatic heterocycles. The fourth-order valence-electron chi connectivity index (χ4n) is 3.66. The van der Waals surface area contributed by atoms with Crippen LogP contribution in [-0.2, 0) is 13.5 Å². The van der Waals surface area contributed by atoms with Crippen molar-refractivity contribution >= 4 is 17.1 Å². The molecule has 0 aliphatic rings. The Balaban J connectivity index is 0.00000158. The predicted molar refractivity (Wildman–Crippen MR) is 130 cm³/mol. The molecule has 0 saturated carbocycles. The van der Waals surface area contributed by atoms with E-state index in [4.69, 9.17) is 22.1 Å². The van der Waals surface area contributed by atoms with E-state index in [2.05, 4.69) is 15.2 Å². The fourth-order valence-corrected chi connectivity index (χ4v) is 3.88. The summed E-state index contributed by atoms with van der Waals surface area (Å²) < 4.78 is 22.5. The van der Waals surface area contributed by atoms with Gasteiger partial charge in [0.15, 0.2) is 0 Å². The third-order valence-corrected chi connectivity index (χ3v) is 5.51. The van der Waals surface area contributed by atoms with E-state index in [9.17, 15) is 9.50 Å². The van der Waals surface area contributed by atoms with Gasteiger partial charge in [0, 0.05) is 37.0 Å². The summed E-state index contributed by atoms with van der Waals surface area (Å²) in [6.45, 7) is 7.86. The highest BCUT2D eigenvalue weighted by Gasteiger charge is 2.20. The number of aryl methyl sites for hydroxylation is 1. The van der Waals surface area contributed by atoms with Gasteiger partial charge in [-0.25, -0.2) is 8.91 Å². The second-order valence-electron chi connectivity index (χ2n) is 7.83. The molecule has 0 bridgehead atoms. The molecule has 10 heteroatoms. The first-order chi connectivity index (χ1) is 16.2. The molecule has 8 nitrogen and oxygen atoms in total. The predicted octanol–water partition coefficient (Wildman–Crippen LogP) is 4.26. The summed E-state index contributed by atoms with van der Waals surface area (Å²) in [5.74, 6) is -0.0404. The maximum atomic E-state index is 13.1. The van der Waals surface area contributed by atoms with Crippen LogP contribution in [0, 0.1) is 12.7 Å². The zero-order chi connectivity index (χ0) is 25.0. The molecule has 4 aromatic rings. The molecule has 3 N–H and O–H groups in total. The Hall–Kier alpha value is -3.01. The maximum absolute atomic E-state index is 13.1. The third kappa shape index (κ3) is 5.38. The van der Waals surface area contributed by atoms with E-state index >= 15 is 0 Å². The highest BCUT2D eigenvalue weighted by molar-refractivity contribution is 6.34. The number of fused-ring (bicyclic) bond motifs is 1. The van der Waals surface area contributed by atoms with E-state index in [1.165, 1.54) is 18.3 Å². The molecule has 4 heterocycles. The lowest BCUT2D eigenvalue weighted by molar-refractivity contribution is 0.105. The van der Waals surface area contributed by atoms with E-state index < -0.39 is 11.9 Å². The smallest absolute Gasteiger partial charge is 0.147 e. The van der Waals surface area contributed by atoms with Crippen LogP contribution in [-0.4, -0.2) is 42.1 Å². The van der Waals surface area contributed by atoms with Gasteiger partial charge >= 0.3 is 0 Å². The Morgan fingerprint density at radius 3 is 2.65 bits per heavy atom. The average Bonchev–Trinajstić information content (AvgIpc) is 3.33. The topological polar surface area (TPSA) is 103 Å². The minimum atomic E-state index is -1.05. The van der Waals surface area contributed by atoms with Gasteiger partial charge < -0.3 is 15.6 Å². The van der Waals surface area contributed by atoms with Gasteiger partial charge in [-0.05, 0) is 37.6 Å². The van der Waals surface area contributed by atoms with Crippen LogP contribution in [0.2, 0.25) is 5.02 Å². The van der Waals surface area contributed by atoms with E-state index in [1.54, 1.807) is 4.52 Å². The van der Waals surface area contributed by atoms with Crippen LogP contribution >= 0.6 is 11.6 Å². The average molecular weight is 489 g/mol. The first-order valence-electron chi connectivity index (χ1n) is 11.1. The highest BCUT2D eigenvalue weighted by atomic mass is 35.5. The Labute approximate surface area is 203 Å². The summed E-state index contributed by atoms with van der Waals surface area (Å²) in [6.07, 6.45) is 4.06. The van der Waals surface area contributed by atoms with Crippen LogP contribution in [0.5, 0.6) is 5.75 Å². The first-order valence-corrected chi connectivity index (χ1v) is 11.5. The second kappa shape index (κ2) is 10.9. The minimum Gasteiger partial charge on any atom is -0.488 e. The van der Waals surface area contributed by atoms with Gasteiger partial charge in [0.25, 0.3) is 0 Å². The third-order valence-electron chi connectivity index (χ3n) is 5.24. The lowest BCUT2D eigenvalue weighted by atomic mass is 10.0. The monoisotopic (exact) mass is 488 g/mol. The number of hydrogen-bond acceptors (Lipinski definition) is 6. The summed E-state index contributed by atoms with van der Waals surface area (Å²) in [5.41, 5.74) is 10.5. The van der Waals surface area contributed by atoms with E-state index in [0.717, 1.165) is 28.7 Å². The number of rotatable bonds is 7. The van der Waals surface area contributed by atoms with E-state index in [1.807, 2.05) is 51.7 Å². The summed E-state index contributed by atoms with van der Waals surface area (Å²) in [6, 6.07) is 4.48. The standard InChI is InChI=1S/C22H24ClFN6O2.C2H6/c1-12(25)6-18-13(2)21(28-29(18)3)14-7-20(22-16(23)9-27-30(22)10-14)32-11-19(31)17-5-4-15(24)8-26-17;1-2/h4-5,7-10,12,19,31H,6,11,25H2,1-3H3;1-2H3. The molecule has 0 aliphatic carbocycles. The van der Waals surface area contributed by atoms with Crippen molar-refractivity contribution < 1.29 is 14.2 Å². The number of hydrogen-bond donors (Lipinski definition) is 2. The molecule has 34 heavy (non-hydrogen) atoms. The fraction of sp³-hybridized carbons (Fsp3) is 0.375. The molecule has 0 aromatic carbocycles. The summed E-state index contributed by atoms with van der Waals surface area (Å²) in [4.78, 5) is 3.90. The molecule has 0 saturated heterocycles. The van der Waals surface area contributed by atoms with Gasteiger partial charge in [0.1, 0.15) is 29.8 Å². The Morgan fingerprint density at radius 2 is 2.00 bits per heavy atom. The molecule has 4 rings (SSSR count). The van der Waals surface area contributed by atoms with Crippen LogP contribution in [0.25, 0.3) is 16.8 Å². The Bertz CT molecular complexity index is 1250. The van der Waals surface area contributed by atoms with Crippen molar-refractivity contribution in [3.63, 3.8) is 0 Å². The van der Waals surface area contributed by atoms with E-state index in [-0.39, 0.29) is 12.6 Å². The molecule has 0 spiro atoms. The maximum Gasteiger partial charge on any atom is 0.147 e. The van der Waals surface area contributed by atoms with Crippen molar-refractivity contribution in [1.82, 2.24) is 24.4 Å². The number of halogens is 2. The van der Waals surface area contributed by atoms with Crippen LogP contribution in [0.4, 0.5) is 4.39 Å². The van der Waals surface area contributed by atoms with Crippen molar-refractivity contribution in [2.75, 3.05) is 6.61 Å². The lowest BCUT2D eigenvalue weighted by Crippen LogP contribution is -2.20. The summed E-state index contributed by atoms with van der Waals surface area (Å²) in [5, 5.41) is 19.8. The number of aromatic nitrogens is 5. The molecule has 0 amide bonds. The first kappa shape index (κ1) is 25.6.